The van der Waals surface area contributed by atoms with Crippen molar-refractivity contribution in [3.8, 4) is 11.1 Å². The Bertz CT molecular complexity index is 1900. The van der Waals surface area contributed by atoms with Gasteiger partial charge in [-0.25, -0.2) is 28.7 Å². The largest absolute Gasteiger partial charge is 0.490 e. The fraction of sp³-hybridized carbons (Fsp3) is 0.455. The number of hydrogen-bond acceptors (Lipinski definition) is 10. The minimum Gasteiger partial charge on any atom is -0.475 e. The molecule has 1 amide bonds. The Morgan fingerprint density at radius 1 is 1.10 bits per heavy atom. The SMILES string of the molecule is CNc1cc(N2CCc3c(-c4cnc(CN5CC6(CCNCC6)C5)nc4)cccc32)nn2c(C(=O)N[C@@H]3C[C@@H]3F)cnc12.O=C(O)C(F)(F)F. The molecule has 6 heterocycles. The number of halogens is 4. The molecule has 4 aromatic rings. The number of hydrogen-bond donors (Lipinski definition) is 4. The number of aromatic nitrogens is 5. The highest BCUT2D eigenvalue weighted by molar-refractivity contribution is 5.94. The second-order valence-corrected chi connectivity index (χ2v) is 13.2. The summed E-state index contributed by atoms with van der Waals surface area (Å²) in [4.78, 5) is 40.3. The number of aliphatic carboxylic acids is 1. The molecule has 2 atom stereocenters. The number of likely N-dealkylation sites (tertiary alicyclic amines) is 1. The van der Waals surface area contributed by atoms with Gasteiger partial charge in [0.1, 0.15) is 12.0 Å². The maximum Gasteiger partial charge on any atom is 0.490 e. The first-order valence-corrected chi connectivity index (χ1v) is 16.4. The van der Waals surface area contributed by atoms with Crippen molar-refractivity contribution in [3.63, 3.8) is 0 Å². The Morgan fingerprint density at radius 3 is 2.44 bits per heavy atom. The number of carbonyl (C=O) groups excluding carboxylic acids is 1. The topological polar surface area (TPSA) is 153 Å². The molecule has 8 rings (SSSR count). The Kier molecular flexibility index (Phi) is 8.80. The summed E-state index contributed by atoms with van der Waals surface area (Å²) in [5, 5.41) is 21.3. The summed E-state index contributed by atoms with van der Waals surface area (Å²) >= 11 is 0. The van der Waals surface area contributed by atoms with Crippen molar-refractivity contribution in [1.82, 2.24) is 40.1 Å². The summed E-state index contributed by atoms with van der Waals surface area (Å²) in [6.45, 7) is 6.07. The van der Waals surface area contributed by atoms with Crippen molar-refractivity contribution in [1.29, 1.82) is 0 Å². The van der Waals surface area contributed by atoms with E-state index in [4.69, 9.17) is 25.0 Å². The molecule has 0 bridgehead atoms. The number of alkyl halides is 4. The number of carboxylic acid groups (broad SMARTS) is 1. The highest BCUT2D eigenvalue weighted by Gasteiger charge is 2.43. The van der Waals surface area contributed by atoms with E-state index < -0.39 is 24.4 Å². The van der Waals surface area contributed by atoms with Crippen LogP contribution in [0.5, 0.6) is 0 Å². The minimum atomic E-state index is -5.08. The molecule has 1 spiro atoms. The smallest absolute Gasteiger partial charge is 0.475 e. The van der Waals surface area contributed by atoms with Crippen LogP contribution in [0, 0.1) is 5.41 Å². The van der Waals surface area contributed by atoms with E-state index in [9.17, 15) is 22.4 Å². The van der Waals surface area contributed by atoms with Gasteiger partial charge in [-0.1, -0.05) is 12.1 Å². The van der Waals surface area contributed by atoms with Crippen LogP contribution in [0.1, 0.15) is 41.1 Å². The Balaban J connectivity index is 0.000000510. The van der Waals surface area contributed by atoms with Crippen molar-refractivity contribution in [3.05, 3.63) is 59.9 Å². The molecule has 264 valence electrons. The fourth-order valence-corrected chi connectivity index (χ4v) is 6.99. The van der Waals surface area contributed by atoms with Gasteiger partial charge in [0.25, 0.3) is 5.91 Å². The molecular formula is C33H36F4N10O3. The zero-order chi connectivity index (χ0) is 35.2. The first kappa shape index (κ1) is 33.6. The first-order valence-electron chi connectivity index (χ1n) is 16.4. The molecule has 4 aliphatic rings. The zero-order valence-electron chi connectivity index (χ0n) is 27.2. The second-order valence-electron chi connectivity index (χ2n) is 13.2. The van der Waals surface area contributed by atoms with Gasteiger partial charge < -0.3 is 26.0 Å². The van der Waals surface area contributed by atoms with Crippen LogP contribution in [0.15, 0.2) is 42.9 Å². The van der Waals surface area contributed by atoms with E-state index in [1.165, 1.54) is 24.6 Å². The summed E-state index contributed by atoms with van der Waals surface area (Å²) < 4.78 is 46.7. The van der Waals surface area contributed by atoms with Gasteiger partial charge in [-0.05, 0) is 55.0 Å². The number of benzene rings is 1. The van der Waals surface area contributed by atoms with E-state index in [2.05, 4.69) is 48.9 Å². The molecule has 0 unspecified atom stereocenters. The Morgan fingerprint density at radius 2 is 1.80 bits per heavy atom. The van der Waals surface area contributed by atoms with E-state index >= 15 is 0 Å². The molecule has 4 N–H and O–H groups in total. The van der Waals surface area contributed by atoms with E-state index in [0.29, 0.717) is 23.3 Å². The van der Waals surface area contributed by atoms with Gasteiger partial charge in [0, 0.05) is 62.8 Å². The molecule has 17 heteroatoms. The van der Waals surface area contributed by atoms with Crippen LogP contribution in [0.25, 0.3) is 16.8 Å². The molecule has 0 radical (unpaired) electrons. The molecule has 13 nitrogen and oxygen atoms in total. The summed E-state index contributed by atoms with van der Waals surface area (Å²) in [6.07, 6.45) is 3.03. The predicted octanol–water partition coefficient (Wildman–Crippen LogP) is 3.58. The van der Waals surface area contributed by atoms with E-state index in [-0.39, 0.29) is 11.6 Å². The third-order valence-corrected chi connectivity index (χ3v) is 9.70. The van der Waals surface area contributed by atoms with Crippen LogP contribution in [0.2, 0.25) is 0 Å². The molecular weight excluding hydrogens is 660 g/mol. The average molecular weight is 697 g/mol. The molecule has 1 saturated carbocycles. The van der Waals surface area contributed by atoms with Gasteiger partial charge in [-0.2, -0.15) is 13.2 Å². The fourth-order valence-electron chi connectivity index (χ4n) is 6.99. The highest BCUT2D eigenvalue weighted by atomic mass is 19.4. The number of rotatable bonds is 7. The number of nitrogens with zero attached hydrogens (tertiary/aromatic N) is 7. The van der Waals surface area contributed by atoms with Crippen LogP contribution in [0.4, 0.5) is 34.8 Å². The van der Waals surface area contributed by atoms with Crippen molar-refractivity contribution in [2.75, 3.05) is 50.0 Å². The van der Waals surface area contributed by atoms with Crippen LogP contribution in [0.3, 0.4) is 0 Å². The van der Waals surface area contributed by atoms with Crippen molar-refractivity contribution < 1.29 is 32.3 Å². The summed E-state index contributed by atoms with van der Waals surface area (Å²) in [5.41, 5.74) is 6.46. The molecule has 2 saturated heterocycles. The van der Waals surface area contributed by atoms with Gasteiger partial charge >= 0.3 is 12.1 Å². The molecule has 50 heavy (non-hydrogen) atoms. The molecule has 3 aliphatic heterocycles. The molecule has 3 fully saturated rings. The maximum atomic E-state index is 13.4. The number of anilines is 3. The lowest BCUT2D eigenvalue weighted by atomic mass is 9.72. The average Bonchev–Trinajstić information content (AvgIpc) is 3.43. The van der Waals surface area contributed by atoms with Crippen molar-refractivity contribution in [2.24, 2.45) is 5.41 Å². The Hall–Kier alpha value is -4.90. The quantitative estimate of drug-likeness (QED) is 0.210. The lowest BCUT2D eigenvalue weighted by Crippen LogP contribution is -2.59. The van der Waals surface area contributed by atoms with Gasteiger partial charge in [0.05, 0.1) is 24.5 Å². The highest BCUT2D eigenvalue weighted by Crippen LogP contribution is 2.41. The number of imidazole rings is 1. The predicted molar refractivity (Wildman–Crippen MR) is 175 cm³/mol. The lowest BCUT2D eigenvalue weighted by Gasteiger charge is -2.52. The zero-order valence-corrected chi connectivity index (χ0v) is 27.2. The molecule has 3 aromatic heterocycles. The second kappa shape index (κ2) is 13.1. The van der Waals surface area contributed by atoms with Crippen molar-refractivity contribution >= 4 is 34.7 Å². The van der Waals surface area contributed by atoms with Crippen molar-refractivity contribution in [2.45, 2.75) is 50.6 Å². The van der Waals surface area contributed by atoms with E-state index in [0.717, 1.165) is 74.0 Å². The number of fused-ring (bicyclic) bond motifs is 2. The monoisotopic (exact) mass is 696 g/mol. The van der Waals surface area contributed by atoms with Crippen LogP contribution < -0.4 is 20.9 Å². The van der Waals surface area contributed by atoms with E-state index in [1.807, 2.05) is 25.5 Å². The summed E-state index contributed by atoms with van der Waals surface area (Å²) in [5.74, 6) is -1.57. The lowest BCUT2D eigenvalue weighted by molar-refractivity contribution is -0.192. The van der Waals surface area contributed by atoms with Gasteiger partial charge in [-0.15, -0.1) is 5.10 Å². The van der Waals surface area contributed by atoms with Crippen LogP contribution in [-0.2, 0) is 17.8 Å². The Labute approximate surface area is 284 Å². The minimum absolute atomic E-state index is 0.280. The first-order chi connectivity index (χ1) is 23.9. The molecule has 1 aromatic carbocycles. The number of amides is 1. The maximum absolute atomic E-state index is 13.4. The number of nitrogens with one attached hydrogen (secondary N) is 3. The number of carbonyl (C=O) groups is 2. The van der Waals surface area contributed by atoms with Gasteiger partial charge in [-0.3, -0.25) is 9.69 Å². The van der Waals surface area contributed by atoms with Crippen LogP contribution >= 0.6 is 0 Å². The van der Waals surface area contributed by atoms with Gasteiger partial charge in [0.2, 0.25) is 0 Å². The van der Waals surface area contributed by atoms with Gasteiger partial charge in [0.15, 0.2) is 17.2 Å². The summed E-state index contributed by atoms with van der Waals surface area (Å²) in [7, 11) is 1.82. The number of carboxylic acids is 1. The summed E-state index contributed by atoms with van der Waals surface area (Å²) in [6, 6.07) is 7.79. The van der Waals surface area contributed by atoms with Crippen LogP contribution in [-0.4, -0.2) is 105 Å². The number of piperidine rings is 1. The third-order valence-electron chi connectivity index (χ3n) is 9.70. The normalized spacial score (nSPS) is 20.9. The molecule has 1 aliphatic carbocycles. The standard InChI is InChI=1S/C31H35FN10O.C2HF3O2/c1-33-24-12-28(39-42-26(15-37-29(24)42)30(43)38-23-11-22(23)32)41-10-5-21-20(3-2-4-25(21)41)19-13-35-27(36-14-19)16-40-17-31(18-40)6-8-34-9-7-31;3-2(4,5)1(6)7/h2-4,12-15,22-23,33-34H,5-11,16-18H2,1H3,(H,38,43);(H,6,7)/t22-,23+;/m0./s1. The third kappa shape index (κ3) is 6.66. The van der Waals surface area contributed by atoms with E-state index in [1.54, 1.807) is 4.52 Å².